The van der Waals surface area contributed by atoms with Crippen molar-refractivity contribution in [2.24, 2.45) is 0 Å². The summed E-state index contributed by atoms with van der Waals surface area (Å²) in [6.45, 7) is 4.18. The maximum atomic E-state index is 10.0. The van der Waals surface area contributed by atoms with Gasteiger partial charge in [0.2, 0.25) is 0 Å². The smallest absolute Gasteiger partial charge is 0.870 e. The van der Waals surface area contributed by atoms with Gasteiger partial charge in [-0.15, -0.1) is 6.42 Å². The molecule has 1 aromatic heterocycles. The molecule has 1 rings (SSSR count). The van der Waals surface area contributed by atoms with E-state index >= 15 is 0 Å². The third-order valence-electron chi connectivity index (χ3n) is 1.72. The van der Waals surface area contributed by atoms with Crippen LogP contribution in [0.3, 0.4) is 0 Å². The molecular formula is C10H13NNaO2-. The molecule has 1 aromatic rings. The van der Waals surface area contributed by atoms with Crippen LogP contribution >= 0.6 is 0 Å². The maximum absolute atomic E-state index is 10.0. The molecule has 0 aliphatic carbocycles. The first kappa shape index (κ1) is 16.2. The molecule has 0 aromatic carbocycles. The number of aromatic nitrogens is 1. The molecule has 0 radical (unpaired) electrons. The summed E-state index contributed by atoms with van der Waals surface area (Å²) in [5.41, 5.74) is 1.99. The van der Waals surface area contributed by atoms with E-state index in [2.05, 4.69) is 18.8 Å². The van der Waals surface area contributed by atoms with Gasteiger partial charge in [0.15, 0.2) is 0 Å². The van der Waals surface area contributed by atoms with Crippen molar-refractivity contribution < 1.29 is 39.8 Å². The molecule has 0 aliphatic rings. The van der Waals surface area contributed by atoms with E-state index in [1.807, 2.05) is 18.4 Å². The van der Waals surface area contributed by atoms with Crippen LogP contribution in [-0.2, 0) is 11.2 Å². The molecule has 0 bridgehead atoms. The fraction of sp³-hybridized carbons (Fsp3) is 0.400. The Balaban J connectivity index is 0. The largest absolute Gasteiger partial charge is 1.00 e. The van der Waals surface area contributed by atoms with Gasteiger partial charge in [-0.25, -0.2) is 0 Å². The van der Waals surface area contributed by atoms with Gasteiger partial charge in [0.1, 0.15) is 0 Å². The van der Waals surface area contributed by atoms with Crippen molar-refractivity contribution in [3.05, 3.63) is 29.6 Å². The molecule has 0 spiro atoms. The fourth-order valence-corrected chi connectivity index (χ4v) is 0.965. The Morgan fingerprint density at radius 2 is 2.07 bits per heavy atom. The Kier molecular flexibility index (Phi) is 9.41. The van der Waals surface area contributed by atoms with Crippen molar-refractivity contribution in [1.29, 1.82) is 0 Å². The quantitative estimate of drug-likeness (QED) is 0.451. The van der Waals surface area contributed by atoms with Gasteiger partial charge in [-0.05, 0) is 12.0 Å². The van der Waals surface area contributed by atoms with Crippen LogP contribution < -0.4 is 29.6 Å². The van der Waals surface area contributed by atoms with Crippen molar-refractivity contribution in [3.63, 3.8) is 0 Å². The molecular weight excluding hydrogens is 189 g/mol. The van der Waals surface area contributed by atoms with E-state index in [0.29, 0.717) is 12.3 Å². The summed E-state index contributed by atoms with van der Waals surface area (Å²) in [4.78, 5) is 14.3. The summed E-state index contributed by atoms with van der Waals surface area (Å²) in [5.74, 6) is 0.444. The predicted molar refractivity (Wildman–Crippen MR) is 49.7 cm³/mol. The van der Waals surface area contributed by atoms with Gasteiger partial charge in [-0.3, -0.25) is 11.3 Å². The molecule has 0 amide bonds. The summed E-state index contributed by atoms with van der Waals surface area (Å²) in [6.07, 6.45) is 3.92. The Labute approximate surface area is 107 Å². The van der Waals surface area contributed by atoms with E-state index in [1.54, 1.807) is 6.20 Å². The van der Waals surface area contributed by atoms with Crippen LogP contribution in [0, 0.1) is 0 Å². The number of pyridine rings is 1. The maximum Gasteiger partial charge on any atom is 1.00 e. The van der Waals surface area contributed by atoms with E-state index in [9.17, 15) is 4.79 Å². The molecule has 0 saturated heterocycles. The molecule has 0 aliphatic heterocycles. The van der Waals surface area contributed by atoms with E-state index in [1.165, 1.54) is 0 Å². The van der Waals surface area contributed by atoms with Crippen LogP contribution in [0.2, 0.25) is 0 Å². The Morgan fingerprint density at radius 3 is 2.43 bits per heavy atom. The van der Waals surface area contributed by atoms with Crippen molar-refractivity contribution in [2.75, 3.05) is 0 Å². The van der Waals surface area contributed by atoms with Gasteiger partial charge >= 0.3 is 29.6 Å². The van der Waals surface area contributed by atoms with E-state index in [4.69, 9.17) is 0 Å². The number of hydrogen-bond donors (Lipinski definition) is 0. The molecule has 1 N–H and O–H groups in total. The Morgan fingerprint density at radius 1 is 1.43 bits per heavy atom. The van der Waals surface area contributed by atoms with Gasteiger partial charge in [0, 0.05) is 11.9 Å². The predicted octanol–water partition coefficient (Wildman–Crippen LogP) is -1.32. The van der Waals surface area contributed by atoms with Crippen molar-refractivity contribution >= 4 is 6.29 Å². The molecule has 14 heavy (non-hydrogen) atoms. The molecule has 0 saturated carbocycles. The van der Waals surface area contributed by atoms with Gasteiger partial charge in [-0.2, -0.15) is 0 Å². The Bertz CT molecular complexity index is 259. The number of carbonyl (C=O) groups excluding carboxylic acids is 1. The summed E-state index contributed by atoms with van der Waals surface area (Å²) >= 11 is 0. The zero-order chi connectivity index (χ0) is 8.97. The molecule has 0 unspecified atom stereocenters. The average molecular weight is 202 g/mol. The monoisotopic (exact) mass is 202 g/mol. The van der Waals surface area contributed by atoms with E-state index in [-0.39, 0.29) is 35.0 Å². The van der Waals surface area contributed by atoms with Gasteiger partial charge < -0.3 is 10.3 Å². The van der Waals surface area contributed by atoms with Crippen LogP contribution in [-0.4, -0.2) is 16.7 Å². The minimum Gasteiger partial charge on any atom is -0.870 e. The SMILES string of the molecule is CC(C)c1ccc(C[C-]=O)cn1.[Na+].[OH-]. The minimum absolute atomic E-state index is 0. The normalized spacial score (nSPS) is 8.79. The third-order valence-corrected chi connectivity index (χ3v) is 1.72. The topological polar surface area (TPSA) is 60.0 Å². The van der Waals surface area contributed by atoms with Gasteiger partial charge in [0.25, 0.3) is 0 Å². The third kappa shape index (κ3) is 4.86. The first-order valence-electron chi connectivity index (χ1n) is 4.04. The second-order valence-electron chi connectivity index (χ2n) is 3.07. The van der Waals surface area contributed by atoms with Gasteiger partial charge in [0.05, 0.1) is 0 Å². The standard InChI is InChI=1S/C10H12NO.Na.H2O/c1-8(2)10-4-3-9(5-6-12)7-11-10;;/h3-4,7-8H,5H2,1-2H3;;1H2/q-1;+1;/p-1. The summed E-state index contributed by atoms with van der Waals surface area (Å²) in [5, 5.41) is 0. The zero-order valence-electron chi connectivity index (χ0n) is 8.82. The van der Waals surface area contributed by atoms with Crippen molar-refractivity contribution in [2.45, 2.75) is 26.2 Å². The van der Waals surface area contributed by atoms with Crippen LogP contribution in [0.25, 0.3) is 0 Å². The van der Waals surface area contributed by atoms with Crippen LogP contribution in [0.5, 0.6) is 0 Å². The zero-order valence-corrected chi connectivity index (χ0v) is 10.8. The molecule has 0 fully saturated rings. The van der Waals surface area contributed by atoms with Crippen molar-refractivity contribution in [1.82, 2.24) is 4.98 Å². The summed E-state index contributed by atoms with van der Waals surface area (Å²) < 4.78 is 0. The van der Waals surface area contributed by atoms with Crippen LogP contribution in [0.1, 0.15) is 31.0 Å². The Hall–Kier alpha value is -0.220. The first-order chi connectivity index (χ1) is 5.74. The molecule has 1 heterocycles. The number of nitrogens with zero attached hydrogens (tertiary/aromatic N) is 1. The molecule has 72 valence electrons. The number of rotatable bonds is 3. The van der Waals surface area contributed by atoms with Crippen LogP contribution in [0.4, 0.5) is 0 Å². The minimum atomic E-state index is 0. The molecule has 3 nitrogen and oxygen atoms in total. The second kappa shape index (κ2) is 8.12. The first-order valence-corrected chi connectivity index (χ1v) is 4.04. The second-order valence-corrected chi connectivity index (χ2v) is 3.07. The summed E-state index contributed by atoms with van der Waals surface area (Å²) in [7, 11) is 0. The van der Waals surface area contributed by atoms with Crippen LogP contribution in [0.15, 0.2) is 18.3 Å². The number of hydrogen-bond acceptors (Lipinski definition) is 3. The van der Waals surface area contributed by atoms with Gasteiger partial charge in [-0.1, -0.05) is 25.5 Å². The molecule has 4 heteroatoms. The van der Waals surface area contributed by atoms with Crippen molar-refractivity contribution in [3.8, 4) is 0 Å². The average Bonchev–Trinajstić information content (AvgIpc) is 2.06. The molecule has 0 atom stereocenters. The van der Waals surface area contributed by atoms with E-state index in [0.717, 1.165) is 11.3 Å². The fourth-order valence-electron chi connectivity index (χ4n) is 0.965. The summed E-state index contributed by atoms with van der Waals surface area (Å²) in [6, 6.07) is 3.88. The van der Waals surface area contributed by atoms with E-state index < -0.39 is 0 Å².